The maximum Gasteiger partial charge on any atom is 0.574 e. The number of aromatic nitrogens is 1. The maximum atomic E-state index is 13.1. The van der Waals surface area contributed by atoms with Gasteiger partial charge in [0.2, 0.25) is 5.88 Å². The van der Waals surface area contributed by atoms with Gasteiger partial charge >= 0.3 is 6.36 Å². The first-order chi connectivity index (χ1) is 7.20. The number of alkyl halides is 3. The van der Waals surface area contributed by atoms with Gasteiger partial charge in [0.1, 0.15) is 0 Å². The molecule has 0 aliphatic carbocycles. The molecule has 0 unspecified atom stereocenters. The summed E-state index contributed by atoms with van der Waals surface area (Å²) in [7, 11) is 0. The lowest BCUT2D eigenvalue weighted by atomic mass is 10.3. The highest BCUT2D eigenvalue weighted by atomic mass is 79.9. The molecule has 1 aromatic heterocycles. The number of nitrogens with zero attached hydrogens (tertiary/aromatic N) is 1. The normalized spacial score (nSPS) is 11.4. The Morgan fingerprint density at radius 1 is 1.50 bits per heavy atom. The molecule has 1 heterocycles. The van der Waals surface area contributed by atoms with Crippen molar-refractivity contribution in [2.45, 2.75) is 6.36 Å². The standard InChI is InChI=1S/C7HBrClF4NO2/c8-2-1-3(16-7(11,12)13)14-5(4(2)10)6(9)15/h1H. The summed E-state index contributed by atoms with van der Waals surface area (Å²) < 4.78 is 51.6. The topological polar surface area (TPSA) is 39.2 Å². The van der Waals surface area contributed by atoms with Crippen molar-refractivity contribution in [3.8, 4) is 5.88 Å². The Balaban J connectivity index is 3.19. The zero-order chi connectivity index (χ0) is 12.5. The van der Waals surface area contributed by atoms with Gasteiger partial charge in [-0.3, -0.25) is 4.79 Å². The van der Waals surface area contributed by atoms with Crippen LogP contribution in [0.25, 0.3) is 0 Å². The van der Waals surface area contributed by atoms with Crippen LogP contribution >= 0.6 is 27.5 Å². The molecule has 0 fully saturated rings. The fraction of sp³-hybridized carbons (Fsp3) is 0.143. The van der Waals surface area contributed by atoms with E-state index in [-0.39, 0.29) is 0 Å². The molecule has 0 saturated heterocycles. The Bertz CT molecular complexity index is 437. The number of halogens is 6. The second-order valence-electron chi connectivity index (χ2n) is 2.43. The van der Waals surface area contributed by atoms with Gasteiger partial charge in [-0.05, 0) is 27.5 Å². The zero-order valence-corrected chi connectivity index (χ0v) is 9.45. The van der Waals surface area contributed by atoms with Crippen molar-refractivity contribution in [1.29, 1.82) is 0 Å². The molecule has 1 rings (SSSR count). The van der Waals surface area contributed by atoms with E-state index in [2.05, 4.69) is 25.7 Å². The fourth-order valence-corrected chi connectivity index (χ4v) is 1.29. The third-order valence-electron chi connectivity index (χ3n) is 1.30. The minimum absolute atomic E-state index is 0.411. The van der Waals surface area contributed by atoms with E-state index in [1.54, 1.807) is 0 Å². The van der Waals surface area contributed by atoms with Crippen LogP contribution in [0.2, 0.25) is 0 Å². The van der Waals surface area contributed by atoms with Gasteiger partial charge in [-0.1, -0.05) is 0 Å². The van der Waals surface area contributed by atoms with Crippen molar-refractivity contribution in [2.75, 3.05) is 0 Å². The van der Waals surface area contributed by atoms with Crippen LogP contribution < -0.4 is 4.74 Å². The predicted octanol–water partition coefficient (Wildman–Crippen LogP) is 3.26. The number of ether oxygens (including phenoxy) is 1. The second kappa shape index (κ2) is 4.54. The van der Waals surface area contributed by atoms with Crippen LogP contribution in [0.4, 0.5) is 17.6 Å². The van der Waals surface area contributed by atoms with Crippen molar-refractivity contribution in [3.63, 3.8) is 0 Å². The summed E-state index contributed by atoms with van der Waals surface area (Å²) >= 11 is 7.52. The van der Waals surface area contributed by atoms with Gasteiger partial charge in [0.25, 0.3) is 5.24 Å². The molecule has 0 aliphatic rings. The Labute approximate surface area is 99.5 Å². The average molecular weight is 322 g/mol. The molecule has 0 atom stereocenters. The minimum Gasteiger partial charge on any atom is -0.388 e. The highest BCUT2D eigenvalue weighted by molar-refractivity contribution is 9.10. The third-order valence-corrected chi connectivity index (χ3v) is 2.05. The van der Waals surface area contributed by atoms with E-state index in [4.69, 9.17) is 11.6 Å². The fourth-order valence-electron chi connectivity index (χ4n) is 0.778. The Morgan fingerprint density at radius 3 is 2.50 bits per heavy atom. The van der Waals surface area contributed by atoms with Gasteiger partial charge in [0.05, 0.1) is 4.47 Å². The van der Waals surface area contributed by atoms with Crippen molar-refractivity contribution in [2.24, 2.45) is 0 Å². The molecule has 0 spiro atoms. The highest BCUT2D eigenvalue weighted by Crippen LogP contribution is 2.27. The summed E-state index contributed by atoms with van der Waals surface area (Å²) in [5.74, 6) is -2.14. The van der Waals surface area contributed by atoms with Crippen LogP contribution in [0.15, 0.2) is 10.5 Å². The number of hydrogen-bond acceptors (Lipinski definition) is 3. The number of hydrogen-bond donors (Lipinski definition) is 0. The molecule has 0 N–H and O–H groups in total. The molecule has 0 aromatic carbocycles. The maximum absolute atomic E-state index is 13.1. The first-order valence-corrected chi connectivity index (χ1v) is 4.69. The van der Waals surface area contributed by atoms with Gasteiger partial charge in [-0.15, -0.1) is 13.2 Å². The summed E-state index contributed by atoms with van der Waals surface area (Å²) in [6.45, 7) is 0. The number of pyridine rings is 1. The molecule has 0 amide bonds. The monoisotopic (exact) mass is 321 g/mol. The van der Waals surface area contributed by atoms with Crippen LogP contribution in [0, 0.1) is 5.82 Å². The lowest BCUT2D eigenvalue weighted by Gasteiger charge is -2.09. The van der Waals surface area contributed by atoms with Crippen LogP contribution in [0.3, 0.4) is 0 Å². The van der Waals surface area contributed by atoms with E-state index >= 15 is 0 Å². The van der Waals surface area contributed by atoms with E-state index in [9.17, 15) is 22.4 Å². The number of rotatable bonds is 2. The van der Waals surface area contributed by atoms with E-state index < -0.39 is 33.5 Å². The first kappa shape index (κ1) is 13.2. The highest BCUT2D eigenvalue weighted by Gasteiger charge is 2.32. The largest absolute Gasteiger partial charge is 0.574 e. The number of carbonyl (C=O) groups excluding carboxylic acids is 1. The average Bonchev–Trinajstić information content (AvgIpc) is 2.07. The summed E-state index contributed by atoms with van der Waals surface area (Å²) in [6, 6.07) is 0.631. The summed E-state index contributed by atoms with van der Waals surface area (Å²) in [5.41, 5.74) is -0.949. The van der Waals surface area contributed by atoms with Crippen LogP contribution in [0.5, 0.6) is 5.88 Å². The van der Waals surface area contributed by atoms with Crippen LogP contribution in [0.1, 0.15) is 10.5 Å². The van der Waals surface area contributed by atoms with Crippen LogP contribution in [-0.2, 0) is 0 Å². The summed E-state index contributed by atoms with van der Waals surface area (Å²) in [6.07, 6.45) is -4.99. The molecule has 9 heteroatoms. The molecular weight excluding hydrogens is 321 g/mol. The smallest absolute Gasteiger partial charge is 0.388 e. The van der Waals surface area contributed by atoms with Gasteiger partial charge in [0, 0.05) is 6.07 Å². The summed E-state index contributed by atoms with van der Waals surface area (Å²) in [5, 5.41) is -1.33. The molecule has 0 saturated carbocycles. The van der Waals surface area contributed by atoms with Crippen molar-refractivity contribution in [1.82, 2.24) is 4.98 Å². The Morgan fingerprint density at radius 2 is 2.06 bits per heavy atom. The molecule has 0 aliphatic heterocycles. The SMILES string of the molecule is O=C(Cl)c1nc(OC(F)(F)F)cc(Br)c1F. The lowest BCUT2D eigenvalue weighted by Crippen LogP contribution is -2.18. The van der Waals surface area contributed by atoms with Crippen molar-refractivity contribution < 1.29 is 27.1 Å². The third kappa shape index (κ3) is 3.31. The summed E-state index contributed by atoms with van der Waals surface area (Å²) in [4.78, 5) is 13.6. The van der Waals surface area contributed by atoms with Crippen molar-refractivity contribution in [3.05, 3.63) is 22.1 Å². The molecule has 0 radical (unpaired) electrons. The lowest BCUT2D eigenvalue weighted by molar-refractivity contribution is -0.276. The molecular formula is C7HBrClF4NO2. The van der Waals surface area contributed by atoms with Crippen molar-refractivity contribution >= 4 is 32.8 Å². The quantitative estimate of drug-likeness (QED) is 0.620. The van der Waals surface area contributed by atoms with Gasteiger partial charge < -0.3 is 4.74 Å². The predicted molar refractivity (Wildman–Crippen MR) is 48.8 cm³/mol. The van der Waals surface area contributed by atoms with Gasteiger partial charge in [-0.2, -0.15) is 0 Å². The molecule has 88 valence electrons. The van der Waals surface area contributed by atoms with E-state index in [0.717, 1.165) is 0 Å². The van der Waals surface area contributed by atoms with Gasteiger partial charge in [-0.25, -0.2) is 9.37 Å². The second-order valence-corrected chi connectivity index (χ2v) is 3.62. The molecule has 16 heavy (non-hydrogen) atoms. The Kier molecular flexibility index (Phi) is 3.74. The van der Waals surface area contributed by atoms with E-state index in [1.165, 1.54) is 0 Å². The van der Waals surface area contributed by atoms with Gasteiger partial charge in [0.15, 0.2) is 11.5 Å². The molecule has 1 aromatic rings. The number of carbonyl (C=O) groups is 1. The molecule has 3 nitrogen and oxygen atoms in total. The van der Waals surface area contributed by atoms with E-state index in [1.807, 2.05) is 0 Å². The first-order valence-electron chi connectivity index (χ1n) is 3.52. The Hall–Kier alpha value is -0.890. The van der Waals surface area contributed by atoms with E-state index in [0.29, 0.717) is 6.07 Å². The zero-order valence-electron chi connectivity index (χ0n) is 7.11. The minimum atomic E-state index is -4.99. The molecule has 0 bridgehead atoms. The van der Waals surface area contributed by atoms with Crippen LogP contribution in [-0.4, -0.2) is 16.6 Å².